The first-order valence-corrected chi connectivity index (χ1v) is 7.21. The predicted octanol–water partition coefficient (Wildman–Crippen LogP) is 2.72. The molecule has 1 aliphatic rings. The van der Waals surface area contributed by atoms with Gasteiger partial charge in [-0.05, 0) is 44.4 Å². The van der Waals surface area contributed by atoms with E-state index in [9.17, 15) is 4.79 Å². The monoisotopic (exact) mass is 285 g/mol. The number of rotatable bonds is 3. The Hall–Kier alpha value is -2.14. The van der Waals surface area contributed by atoms with Crippen LogP contribution >= 0.6 is 0 Å². The summed E-state index contributed by atoms with van der Waals surface area (Å²) in [5.41, 5.74) is 8.30. The van der Waals surface area contributed by atoms with Crippen LogP contribution in [0.3, 0.4) is 0 Å². The summed E-state index contributed by atoms with van der Waals surface area (Å²) in [6.45, 7) is 1.88. The number of nitrogens with two attached hydrogens (primary N) is 1. The number of aromatic nitrogens is 1. The van der Waals surface area contributed by atoms with E-state index in [1.165, 1.54) is 0 Å². The molecule has 2 unspecified atom stereocenters. The molecule has 1 heterocycles. The maximum Gasteiger partial charge on any atom is 0.227 e. The number of carbonyl (C=O) groups is 1. The molecule has 3 rings (SSSR count). The lowest BCUT2D eigenvalue weighted by molar-refractivity contribution is -0.119. The highest BCUT2D eigenvalue weighted by Gasteiger charge is 2.27. The summed E-state index contributed by atoms with van der Waals surface area (Å²) in [6.07, 6.45) is 4.17. The molecule has 110 valence electrons. The summed E-state index contributed by atoms with van der Waals surface area (Å²) in [7, 11) is 0. The number of hydrogen-bond donors (Lipinski definition) is 2. The second kappa shape index (κ2) is 5.69. The van der Waals surface area contributed by atoms with Crippen molar-refractivity contribution in [3.05, 3.63) is 36.2 Å². The van der Waals surface area contributed by atoms with E-state index < -0.39 is 0 Å². The maximum atomic E-state index is 12.2. The van der Waals surface area contributed by atoms with Gasteiger partial charge in [-0.15, -0.1) is 0 Å². The molecule has 1 aliphatic carbocycles. The van der Waals surface area contributed by atoms with Gasteiger partial charge in [0, 0.05) is 23.2 Å². The number of carbonyl (C=O) groups excluding carboxylic acids is 1. The molecule has 1 saturated carbocycles. The van der Waals surface area contributed by atoms with Crippen LogP contribution in [0.1, 0.15) is 25.0 Å². The van der Waals surface area contributed by atoms with Gasteiger partial charge in [-0.2, -0.15) is 0 Å². The summed E-state index contributed by atoms with van der Waals surface area (Å²) in [4.78, 5) is 16.5. The van der Waals surface area contributed by atoms with Gasteiger partial charge in [0.1, 0.15) is 6.26 Å². The average molecular weight is 285 g/mol. The van der Waals surface area contributed by atoms with Gasteiger partial charge >= 0.3 is 0 Å². The summed E-state index contributed by atoms with van der Waals surface area (Å²) in [5, 5.41) is 2.96. The Labute approximate surface area is 123 Å². The lowest BCUT2D eigenvalue weighted by Crippen LogP contribution is -2.23. The number of benzene rings is 1. The van der Waals surface area contributed by atoms with Crippen LogP contribution in [-0.2, 0) is 4.79 Å². The highest BCUT2D eigenvalue weighted by Crippen LogP contribution is 2.27. The summed E-state index contributed by atoms with van der Waals surface area (Å²) in [6, 6.07) is 7.68. The van der Waals surface area contributed by atoms with Crippen LogP contribution < -0.4 is 11.1 Å². The fraction of sp³-hybridized carbons (Fsp3) is 0.375. The molecule has 0 spiro atoms. The molecule has 0 radical (unpaired) electrons. The van der Waals surface area contributed by atoms with E-state index in [0.29, 0.717) is 5.89 Å². The number of oxazole rings is 1. The first-order valence-electron chi connectivity index (χ1n) is 7.21. The van der Waals surface area contributed by atoms with Crippen molar-refractivity contribution >= 4 is 11.6 Å². The zero-order valence-corrected chi connectivity index (χ0v) is 12.0. The number of nitrogens with one attached hydrogen (secondary N) is 1. The molecule has 1 amide bonds. The molecule has 2 aromatic rings. The van der Waals surface area contributed by atoms with Crippen LogP contribution in [0.2, 0.25) is 0 Å². The molecule has 0 saturated heterocycles. The van der Waals surface area contributed by atoms with Crippen molar-refractivity contribution in [1.82, 2.24) is 4.98 Å². The molecule has 5 heteroatoms. The van der Waals surface area contributed by atoms with Gasteiger partial charge in [0.25, 0.3) is 0 Å². The number of nitrogens with zero attached hydrogens (tertiary/aromatic N) is 1. The molecule has 1 fully saturated rings. The molecule has 5 nitrogen and oxygen atoms in total. The molecule has 1 aromatic carbocycles. The normalized spacial score (nSPS) is 21.4. The molecule has 3 N–H and O–H groups in total. The lowest BCUT2D eigenvalue weighted by Gasteiger charge is -2.11. The van der Waals surface area contributed by atoms with Crippen molar-refractivity contribution in [2.75, 3.05) is 5.32 Å². The number of hydrogen-bond acceptors (Lipinski definition) is 4. The third kappa shape index (κ3) is 3.13. The molecular weight excluding hydrogens is 266 g/mol. The quantitative estimate of drug-likeness (QED) is 0.908. The van der Waals surface area contributed by atoms with Gasteiger partial charge in [0.2, 0.25) is 11.8 Å². The van der Waals surface area contributed by atoms with E-state index in [1.54, 1.807) is 6.26 Å². The topological polar surface area (TPSA) is 81.2 Å². The van der Waals surface area contributed by atoms with Gasteiger partial charge in [-0.1, -0.05) is 6.07 Å². The second-order valence-electron chi connectivity index (χ2n) is 5.63. The number of aryl methyl sites for hydroxylation is 1. The van der Waals surface area contributed by atoms with Gasteiger partial charge in [-0.25, -0.2) is 4.98 Å². The third-order valence-electron chi connectivity index (χ3n) is 3.84. The average Bonchev–Trinajstić information content (AvgIpc) is 3.08. The first kappa shape index (κ1) is 13.8. The van der Waals surface area contributed by atoms with Gasteiger partial charge in [0.15, 0.2) is 0 Å². The Kier molecular flexibility index (Phi) is 3.75. The fourth-order valence-electron chi connectivity index (χ4n) is 2.72. The summed E-state index contributed by atoms with van der Waals surface area (Å²) >= 11 is 0. The van der Waals surface area contributed by atoms with Gasteiger partial charge in [-0.3, -0.25) is 4.79 Å². The van der Waals surface area contributed by atoms with Crippen LogP contribution in [0.4, 0.5) is 5.69 Å². The standard InChI is InChI=1S/C16H19N3O2/c1-10-9-21-16(18-10)12-3-2-4-14(8-12)19-15(20)11-5-6-13(17)7-11/h2-4,8-9,11,13H,5-7,17H2,1H3,(H,19,20). The van der Waals surface area contributed by atoms with Gasteiger partial charge in [0.05, 0.1) is 5.69 Å². The SMILES string of the molecule is Cc1coc(-c2cccc(NC(=O)C3CCC(N)C3)c2)n1. The Morgan fingerprint density at radius 1 is 1.43 bits per heavy atom. The van der Waals surface area contributed by atoms with Gasteiger partial charge < -0.3 is 15.5 Å². The highest BCUT2D eigenvalue weighted by atomic mass is 16.3. The van der Waals surface area contributed by atoms with Crippen molar-refractivity contribution in [2.24, 2.45) is 11.7 Å². The van der Waals surface area contributed by atoms with E-state index in [2.05, 4.69) is 10.3 Å². The summed E-state index contributed by atoms with van der Waals surface area (Å²) in [5.74, 6) is 0.628. The Balaban J connectivity index is 1.73. The largest absolute Gasteiger partial charge is 0.444 e. The van der Waals surface area contributed by atoms with E-state index in [0.717, 1.165) is 36.2 Å². The Morgan fingerprint density at radius 2 is 2.29 bits per heavy atom. The Bertz CT molecular complexity index is 650. The zero-order chi connectivity index (χ0) is 14.8. The van der Waals surface area contributed by atoms with Crippen molar-refractivity contribution < 1.29 is 9.21 Å². The Morgan fingerprint density at radius 3 is 2.95 bits per heavy atom. The highest BCUT2D eigenvalue weighted by molar-refractivity contribution is 5.93. The van der Waals surface area contributed by atoms with E-state index >= 15 is 0 Å². The van der Waals surface area contributed by atoms with Crippen LogP contribution in [0.15, 0.2) is 34.9 Å². The lowest BCUT2D eigenvalue weighted by atomic mass is 10.1. The predicted molar refractivity (Wildman–Crippen MR) is 80.6 cm³/mol. The second-order valence-corrected chi connectivity index (χ2v) is 5.63. The minimum atomic E-state index is 0.0210. The summed E-state index contributed by atoms with van der Waals surface area (Å²) < 4.78 is 5.38. The molecule has 1 aromatic heterocycles. The smallest absolute Gasteiger partial charge is 0.227 e. The zero-order valence-electron chi connectivity index (χ0n) is 12.0. The molecule has 0 aliphatic heterocycles. The molecule has 0 bridgehead atoms. The van der Waals surface area contributed by atoms with Crippen molar-refractivity contribution in [2.45, 2.75) is 32.2 Å². The van der Waals surface area contributed by atoms with E-state index in [1.807, 2.05) is 31.2 Å². The maximum absolute atomic E-state index is 12.2. The molecule has 21 heavy (non-hydrogen) atoms. The van der Waals surface area contributed by atoms with E-state index in [-0.39, 0.29) is 17.9 Å². The minimum absolute atomic E-state index is 0.0210. The first-order chi connectivity index (χ1) is 10.1. The van der Waals surface area contributed by atoms with Crippen LogP contribution in [0.5, 0.6) is 0 Å². The third-order valence-corrected chi connectivity index (χ3v) is 3.84. The van der Waals surface area contributed by atoms with Crippen molar-refractivity contribution in [3.63, 3.8) is 0 Å². The fourth-order valence-corrected chi connectivity index (χ4v) is 2.72. The van der Waals surface area contributed by atoms with Crippen molar-refractivity contribution in [1.29, 1.82) is 0 Å². The van der Waals surface area contributed by atoms with Crippen LogP contribution in [0, 0.1) is 12.8 Å². The minimum Gasteiger partial charge on any atom is -0.444 e. The molecular formula is C16H19N3O2. The molecule has 2 atom stereocenters. The van der Waals surface area contributed by atoms with Crippen LogP contribution in [0.25, 0.3) is 11.5 Å². The van der Waals surface area contributed by atoms with Crippen LogP contribution in [-0.4, -0.2) is 16.9 Å². The van der Waals surface area contributed by atoms with Crippen molar-refractivity contribution in [3.8, 4) is 11.5 Å². The van der Waals surface area contributed by atoms with E-state index in [4.69, 9.17) is 10.2 Å². The number of anilines is 1. The number of amides is 1.